The highest BCUT2D eigenvalue weighted by atomic mass is 32.2. The molecule has 1 rings (SSSR count). The van der Waals surface area contributed by atoms with Crippen LogP contribution in [0.1, 0.15) is 17.5 Å². The van der Waals surface area contributed by atoms with Crippen LogP contribution < -0.4 is 10.5 Å². The number of hydrogen-bond donors (Lipinski definition) is 2. The Morgan fingerprint density at radius 2 is 2.17 bits per heavy atom. The molecule has 0 atom stereocenters. The molecule has 0 aliphatic rings. The zero-order chi connectivity index (χ0) is 13.4. The Kier molecular flexibility index (Phi) is 6.60. The SMILES string of the molecule is COCCCSCc1cc(C(=N)N)ccc1OC. The quantitative estimate of drug-likeness (QED) is 0.431. The van der Waals surface area contributed by atoms with E-state index in [4.69, 9.17) is 20.6 Å². The first-order valence-corrected chi connectivity index (χ1v) is 6.92. The smallest absolute Gasteiger partial charge is 0.122 e. The molecule has 0 radical (unpaired) electrons. The van der Waals surface area contributed by atoms with Gasteiger partial charge < -0.3 is 15.2 Å². The second-order valence-electron chi connectivity index (χ2n) is 3.84. The monoisotopic (exact) mass is 268 g/mol. The fourth-order valence-electron chi connectivity index (χ4n) is 1.55. The molecule has 0 aliphatic heterocycles. The third-order valence-electron chi connectivity index (χ3n) is 2.49. The lowest BCUT2D eigenvalue weighted by atomic mass is 10.1. The number of nitrogen functional groups attached to an aromatic ring is 1. The van der Waals surface area contributed by atoms with Gasteiger partial charge in [0.25, 0.3) is 0 Å². The fourth-order valence-corrected chi connectivity index (χ4v) is 2.46. The van der Waals surface area contributed by atoms with Crippen LogP contribution in [0.5, 0.6) is 5.75 Å². The van der Waals surface area contributed by atoms with E-state index in [1.807, 2.05) is 23.9 Å². The molecular weight excluding hydrogens is 248 g/mol. The minimum absolute atomic E-state index is 0.0864. The van der Waals surface area contributed by atoms with Crippen LogP contribution in [0.25, 0.3) is 0 Å². The van der Waals surface area contributed by atoms with Crippen molar-refractivity contribution < 1.29 is 9.47 Å². The molecule has 0 saturated heterocycles. The van der Waals surface area contributed by atoms with Crippen molar-refractivity contribution in [1.29, 1.82) is 5.41 Å². The molecule has 3 N–H and O–H groups in total. The molecule has 1 aromatic carbocycles. The summed E-state index contributed by atoms with van der Waals surface area (Å²) in [5.74, 6) is 2.83. The minimum Gasteiger partial charge on any atom is -0.496 e. The molecule has 0 aromatic heterocycles. The number of amidine groups is 1. The van der Waals surface area contributed by atoms with E-state index in [0.29, 0.717) is 0 Å². The van der Waals surface area contributed by atoms with E-state index in [1.165, 1.54) is 0 Å². The van der Waals surface area contributed by atoms with E-state index in [2.05, 4.69) is 0 Å². The Balaban J connectivity index is 2.61. The fraction of sp³-hybridized carbons (Fsp3) is 0.462. The Labute approximate surface area is 112 Å². The van der Waals surface area contributed by atoms with Gasteiger partial charge in [-0.15, -0.1) is 0 Å². The van der Waals surface area contributed by atoms with Gasteiger partial charge in [0.05, 0.1) is 7.11 Å². The van der Waals surface area contributed by atoms with E-state index < -0.39 is 0 Å². The lowest BCUT2D eigenvalue weighted by molar-refractivity contribution is 0.200. The average Bonchev–Trinajstić information content (AvgIpc) is 2.38. The highest BCUT2D eigenvalue weighted by Gasteiger charge is 2.06. The van der Waals surface area contributed by atoms with Crippen LogP contribution in [0.15, 0.2) is 18.2 Å². The molecule has 0 unspecified atom stereocenters. The topological polar surface area (TPSA) is 68.3 Å². The number of methoxy groups -OCH3 is 2. The largest absolute Gasteiger partial charge is 0.496 e. The van der Waals surface area contributed by atoms with Gasteiger partial charge in [-0.25, -0.2) is 0 Å². The predicted octanol–water partition coefficient (Wildman–Crippen LogP) is 2.25. The lowest BCUT2D eigenvalue weighted by Crippen LogP contribution is -2.11. The van der Waals surface area contributed by atoms with Crippen LogP contribution in [0.2, 0.25) is 0 Å². The van der Waals surface area contributed by atoms with Crippen molar-refractivity contribution in [1.82, 2.24) is 0 Å². The number of ether oxygens (including phenoxy) is 2. The predicted molar refractivity (Wildman–Crippen MR) is 76.7 cm³/mol. The summed E-state index contributed by atoms with van der Waals surface area (Å²) in [7, 11) is 3.37. The van der Waals surface area contributed by atoms with Crippen LogP contribution in [-0.2, 0) is 10.5 Å². The van der Waals surface area contributed by atoms with Gasteiger partial charge in [-0.2, -0.15) is 11.8 Å². The van der Waals surface area contributed by atoms with Gasteiger partial charge in [0.2, 0.25) is 0 Å². The van der Waals surface area contributed by atoms with Gasteiger partial charge in [-0.1, -0.05) is 0 Å². The van der Waals surface area contributed by atoms with E-state index in [-0.39, 0.29) is 5.84 Å². The lowest BCUT2D eigenvalue weighted by Gasteiger charge is -2.10. The van der Waals surface area contributed by atoms with E-state index >= 15 is 0 Å². The molecule has 100 valence electrons. The number of nitrogens with one attached hydrogen (secondary N) is 1. The van der Waals surface area contributed by atoms with E-state index in [1.54, 1.807) is 20.3 Å². The van der Waals surface area contributed by atoms with Crippen LogP contribution in [0.4, 0.5) is 0 Å². The third-order valence-corrected chi connectivity index (χ3v) is 3.58. The number of hydrogen-bond acceptors (Lipinski definition) is 4. The number of nitrogens with two attached hydrogens (primary N) is 1. The van der Waals surface area contributed by atoms with Gasteiger partial charge >= 0.3 is 0 Å². The van der Waals surface area contributed by atoms with Crippen molar-refractivity contribution >= 4 is 17.6 Å². The molecule has 4 nitrogen and oxygen atoms in total. The van der Waals surface area contributed by atoms with Gasteiger partial charge in [0.15, 0.2) is 0 Å². The Morgan fingerprint density at radius 1 is 1.39 bits per heavy atom. The Bertz CT molecular complexity index is 397. The molecule has 1 aromatic rings. The summed E-state index contributed by atoms with van der Waals surface area (Å²) in [6, 6.07) is 5.59. The normalized spacial score (nSPS) is 10.3. The van der Waals surface area contributed by atoms with Crippen LogP contribution >= 0.6 is 11.8 Å². The van der Waals surface area contributed by atoms with Gasteiger partial charge in [-0.05, 0) is 30.4 Å². The molecule has 0 bridgehead atoms. The van der Waals surface area contributed by atoms with Gasteiger partial charge in [0, 0.05) is 30.6 Å². The number of thioether (sulfide) groups is 1. The zero-order valence-corrected chi connectivity index (χ0v) is 11.7. The molecule has 5 heteroatoms. The maximum atomic E-state index is 7.44. The van der Waals surface area contributed by atoms with Crippen molar-refractivity contribution in [2.24, 2.45) is 5.73 Å². The maximum absolute atomic E-state index is 7.44. The number of benzene rings is 1. The summed E-state index contributed by atoms with van der Waals surface area (Å²) < 4.78 is 10.3. The second kappa shape index (κ2) is 8.00. The summed E-state index contributed by atoms with van der Waals surface area (Å²) in [6.45, 7) is 0.789. The summed E-state index contributed by atoms with van der Waals surface area (Å²) >= 11 is 1.82. The summed E-state index contributed by atoms with van der Waals surface area (Å²) in [5, 5.41) is 7.44. The molecule has 0 aliphatic carbocycles. The molecule has 0 spiro atoms. The first-order valence-electron chi connectivity index (χ1n) is 5.77. The molecule has 0 fully saturated rings. The average molecular weight is 268 g/mol. The van der Waals surface area contributed by atoms with E-state index in [9.17, 15) is 0 Å². The summed E-state index contributed by atoms with van der Waals surface area (Å²) in [4.78, 5) is 0. The highest BCUT2D eigenvalue weighted by molar-refractivity contribution is 7.98. The number of rotatable bonds is 8. The van der Waals surface area contributed by atoms with Gasteiger partial charge in [-0.3, -0.25) is 5.41 Å². The summed E-state index contributed by atoms with van der Waals surface area (Å²) in [6.07, 6.45) is 1.04. The summed E-state index contributed by atoms with van der Waals surface area (Å²) in [5.41, 5.74) is 7.30. The van der Waals surface area contributed by atoms with E-state index in [0.717, 1.165) is 41.4 Å². The second-order valence-corrected chi connectivity index (χ2v) is 4.94. The molecule has 0 saturated carbocycles. The van der Waals surface area contributed by atoms with Crippen LogP contribution in [-0.4, -0.2) is 32.4 Å². The van der Waals surface area contributed by atoms with Gasteiger partial charge in [0.1, 0.15) is 11.6 Å². The maximum Gasteiger partial charge on any atom is 0.122 e. The van der Waals surface area contributed by atoms with Crippen LogP contribution in [0, 0.1) is 5.41 Å². The molecule has 0 amide bonds. The first kappa shape index (κ1) is 14.9. The molecular formula is C13H20N2O2S. The standard InChI is InChI=1S/C13H20N2O2S/c1-16-6-3-7-18-9-11-8-10(13(14)15)4-5-12(11)17-2/h4-5,8H,3,6-7,9H2,1-2H3,(H3,14,15). The van der Waals surface area contributed by atoms with Crippen LogP contribution in [0.3, 0.4) is 0 Å². The van der Waals surface area contributed by atoms with Crippen molar-refractivity contribution in [2.45, 2.75) is 12.2 Å². The molecule has 0 heterocycles. The first-order chi connectivity index (χ1) is 8.69. The highest BCUT2D eigenvalue weighted by Crippen LogP contribution is 2.24. The van der Waals surface area contributed by atoms with Crippen molar-refractivity contribution in [3.05, 3.63) is 29.3 Å². The molecule has 18 heavy (non-hydrogen) atoms. The third kappa shape index (κ3) is 4.58. The zero-order valence-electron chi connectivity index (χ0n) is 10.9. The Hall–Kier alpha value is -1.20. The van der Waals surface area contributed by atoms with Crippen molar-refractivity contribution in [2.75, 3.05) is 26.6 Å². The van der Waals surface area contributed by atoms with Crippen molar-refractivity contribution in [3.8, 4) is 5.75 Å². The Morgan fingerprint density at radius 3 is 2.78 bits per heavy atom. The minimum atomic E-state index is 0.0864. The van der Waals surface area contributed by atoms with Crippen molar-refractivity contribution in [3.63, 3.8) is 0 Å².